The fourth-order valence-electron chi connectivity index (χ4n) is 3.45. The third kappa shape index (κ3) is 4.69. The van der Waals surface area contributed by atoms with E-state index in [1.807, 2.05) is 36.1 Å². The number of piperazine rings is 1. The summed E-state index contributed by atoms with van der Waals surface area (Å²) in [7, 11) is -1.50. The number of nitrogens with zero attached hydrogens (tertiary/aromatic N) is 5. The van der Waals surface area contributed by atoms with Crippen molar-refractivity contribution in [1.29, 1.82) is 0 Å². The molecule has 158 valence electrons. The van der Waals surface area contributed by atoms with Gasteiger partial charge in [-0.2, -0.15) is 9.40 Å². The van der Waals surface area contributed by atoms with Crippen molar-refractivity contribution >= 4 is 15.8 Å². The standard InChI is InChI=1S/C21H26N6O2S/c1-25-11-13-27(14-12-25)30(28,29)20-7-8-21(23-16-20)22-15-18-5-2-3-6-19(18)17-26-10-4-9-24-26/h2-10,16H,11-15,17H2,1H3,(H,22,23). The van der Waals surface area contributed by atoms with E-state index in [2.05, 4.69) is 32.4 Å². The second kappa shape index (κ2) is 8.95. The Labute approximate surface area is 177 Å². The van der Waals surface area contributed by atoms with Gasteiger partial charge in [-0.15, -0.1) is 0 Å². The van der Waals surface area contributed by atoms with Crippen molar-refractivity contribution in [1.82, 2.24) is 24.0 Å². The quantitative estimate of drug-likeness (QED) is 0.621. The fraction of sp³-hybridized carbons (Fsp3) is 0.333. The monoisotopic (exact) mass is 426 g/mol. The number of hydrogen-bond acceptors (Lipinski definition) is 6. The number of likely N-dealkylation sites (N-methyl/N-ethyl adjacent to an activating group) is 1. The Kier molecular flexibility index (Phi) is 6.12. The van der Waals surface area contributed by atoms with Gasteiger partial charge in [-0.1, -0.05) is 24.3 Å². The molecule has 0 saturated carbocycles. The largest absolute Gasteiger partial charge is 0.366 e. The van der Waals surface area contributed by atoms with Crippen molar-refractivity contribution < 1.29 is 8.42 Å². The molecule has 1 aliphatic heterocycles. The third-order valence-electron chi connectivity index (χ3n) is 5.31. The number of hydrogen-bond donors (Lipinski definition) is 1. The number of rotatable bonds is 7. The molecule has 0 radical (unpaired) electrons. The third-order valence-corrected chi connectivity index (χ3v) is 7.19. The molecule has 0 unspecified atom stereocenters. The van der Waals surface area contributed by atoms with Crippen molar-refractivity contribution in [2.24, 2.45) is 0 Å². The van der Waals surface area contributed by atoms with Gasteiger partial charge in [-0.25, -0.2) is 13.4 Å². The predicted molar refractivity (Wildman–Crippen MR) is 116 cm³/mol. The molecule has 8 nitrogen and oxygen atoms in total. The van der Waals surface area contributed by atoms with Crippen LogP contribution >= 0.6 is 0 Å². The van der Waals surface area contributed by atoms with Crippen LogP contribution in [0.1, 0.15) is 11.1 Å². The van der Waals surface area contributed by atoms with Crippen LogP contribution in [0.5, 0.6) is 0 Å². The van der Waals surface area contributed by atoms with Gasteiger partial charge in [-0.3, -0.25) is 4.68 Å². The first-order chi connectivity index (χ1) is 14.5. The molecule has 1 fully saturated rings. The first-order valence-corrected chi connectivity index (χ1v) is 11.4. The summed E-state index contributed by atoms with van der Waals surface area (Å²) in [6, 6.07) is 13.4. The molecular formula is C21H26N6O2S. The minimum Gasteiger partial charge on any atom is -0.366 e. The van der Waals surface area contributed by atoms with E-state index in [1.54, 1.807) is 18.3 Å². The van der Waals surface area contributed by atoms with Crippen LogP contribution in [0, 0.1) is 0 Å². The van der Waals surface area contributed by atoms with Crippen LogP contribution in [0.15, 0.2) is 66.0 Å². The summed E-state index contributed by atoms with van der Waals surface area (Å²) in [6.45, 7) is 3.78. The Morgan fingerprint density at radius 3 is 2.43 bits per heavy atom. The molecule has 1 aliphatic rings. The van der Waals surface area contributed by atoms with E-state index in [4.69, 9.17) is 0 Å². The van der Waals surface area contributed by atoms with Crippen molar-refractivity contribution in [3.63, 3.8) is 0 Å². The average Bonchev–Trinajstić information content (AvgIpc) is 3.27. The van der Waals surface area contributed by atoms with Crippen LogP contribution in [-0.2, 0) is 23.1 Å². The molecule has 1 saturated heterocycles. The van der Waals surface area contributed by atoms with Gasteiger partial charge in [-0.05, 0) is 36.4 Å². The van der Waals surface area contributed by atoms with E-state index >= 15 is 0 Å². The normalized spacial score (nSPS) is 15.9. The summed E-state index contributed by atoms with van der Waals surface area (Å²) in [4.78, 5) is 6.69. The molecule has 1 aromatic carbocycles. The molecule has 9 heteroatoms. The lowest BCUT2D eigenvalue weighted by Gasteiger charge is -2.31. The van der Waals surface area contributed by atoms with Gasteiger partial charge in [0.1, 0.15) is 10.7 Å². The average molecular weight is 427 g/mol. The summed E-state index contributed by atoms with van der Waals surface area (Å²) >= 11 is 0. The van der Waals surface area contributed by atoms with Crippen molar-refractivity contribution in [3.05, 3.63) is 72.2 Å². The van der Waals surface area contributed by atoms with Gasteiger partial charge < -0.3 is 10.2 Å². The molecule has 0 spiro atoms. The maximum absolute atomic E-state index is 12.8. The topological polar surface area (TPSA) is 83.4 Å². The highest BCUT2D eigenvalue weighted by Crippen LogP contribution is 2.19. The SMILES string of the molecule is CN1CCN(S(=O)(=O)c2ccc(NCc3ccccc3Cn3cccn3)nc2)CC1. The number of sulfonamides is 1. The Morgan fingerprint density at radius 2 is 1.77 bits per heavy atom. The first kappa shape index (κ1) is 20.5. The smallest absolute Gasteiger partial charge is 0.244 e. The van der Waals surface area contributed by atoms with E-state index in [-0.39, 0.29) is 4.90 Å². The lowest BCUT2D eigenvalue weighted by atomic mass is 10.1. The zero-order valence-electron chi connectivity index (χ0n) is 17.0. The summed E-state index contributed by atoms with van der Waals surface area (Å²) in [5.41, 5.74) is 2.31. The Balaban J connectivity index is 1.41. The van der Waals surface area contributed by atoms with Crippen molar-refractivity contribution in [2.45, 2.75) is 18.0 Å². The van der Waals surface area contributed by atoms with Crippen LogP contribution in [-0.4, -0.2) is 65.6 Å². The minimum absolute atomic E-state index is 0.233. The Morgan fingerprint density at radius 1 is 1.00 bits per heavy atom. The molecule has 0 atom stereocenters. The van der Waals surface area contributed by atoms with Gasteiger partial charge in [0.05, 0.1) is 6.54 Å². The van der Waals surface area contributed by atoms with Crippen molar-refractivity contribution in [2.75, 3.05) is 38.5 Å². The molecule has 2 aromatic heterocycles. The van der Waals surface area contributed by atoms with Crippen LogP contribution in [0.4, 0.5) is 5.82 Å². The van der Waals surface area contributed by atoms with E-state index in [9.17, 15) is 8.42 Å². The minimum atomic E-state index is -3.50. The molecule has 0 bridgehead atoms. The molecule has 3 aromatic rings. The lowest BCUT2D eigenvalue weighted by molar-refractivity contribution is 0.222. The summed E-state index contributed by atoms with van der Waals surface area (Å²) in [5.74, 6) is 0.640. The zero-order valence-corrected chi connectivity index (χ0v) is 17.8. The van der Waals surface area contributed by atoms with Crippen LogP contribution in [0.3, 0.4) is 0 Å². The number of benzene rings is 1. The van der Waals surface area contributed by atoms with Gasteiger partial charge in [0.25, 0.3) is 0 Å². The lowest BCUT2D eigenvalue weighted by Crippen LogP contribution is -2.47. The van der Waals surface area contributed by atoms with Crippen LogP contribution < -0.4 is 5.32 Å². The maximum atomic E-state index is 12.8. The number of pyridine rings is 1. The Bertz CT molecular complexity index is 1060. The number of aromatic nitrogens is 3. The fourth-order valence-corrected chi connectivity index (χ4v) is 4.82. The van der Waals surface area contributed by atoms with E-state index in [1.165, 1.54) is 16.1 Å². The van der Waals surface area contributed by atoms with E-state index < -0.39 is 10.0 Å². The second-order valence-electron chi connectivity index (χ2n) is 7.41. The van der Waals surface area contributed by atoms with Crippen LogP contribution in [0.2, 0.25) is 0 Å². The highest BCUT2D eigenvalue weighted by atomic mass is 32.2. The highest BCUT2D eigenvalue weighted by Gasteiger charge is 2.27. The summed E-state index contributed by atoms with van der Waals surface area (Å²) in [6.07, 6.45) is 5.14. The molecule has 0 amide bonds. The van der Waals surface area contributed by atoms with Gasteiger partial charge in [0.15, 0.2) is 0 Å². The predicted octanol–water partition coefficient (Wildman–Crippen LogP) is 1.87. The zero-order chi connectivity index (χ0) is 21.0. The van der Waals surface area contributed by atoms with E-state index in [0.29, 0.717) is 32.0 Å². The molecule has 1 N–H and O–H groups in total. The Hall–Kier alpha value is -2.75. The van der Waals surface area contributed by atoms with Gasteiger partial charge in [0, 0.05) is 51.3 Å². The first-order valence-electron chi connectivity index (χ1n) is 9.95. The van der Waals surface area contributed by atoms with Gasteiger partial charge >= 0.3 is 0 Å². The molecular weight excluding hydrogens is 400 g/mol. The van der Waals surface area contributed by atoms with Crippen LogP contribution in [0.25, 0.3) is 0 Å². The van der Waals surface area contributed by atoms with Crippen molar-refractivity contribution in [3.8, 4) is 0 Å². The van der Waals surface area contributed by atoms with Gasteiger partial charge in [0.2, 0.25) is 10.0 Å². The summed E-state index contributed by atoms with van der Waals surface area (Å²) in [5, 5.41) is 7.56. The molecule has 4 rings (SSSR count). The maximum Gasteiger partial charge on any atom is 0.244 e. The molecule has 30 heavy (non-hydrogen) atoms. The molecule has 3 heterocycles. The molecule has 0 aliphatic carbocycles. The van der Waals surface area contributed by atoms with E-state index in [0.717, 1.165) is 18.7 Å². The number of anilines is 1. The second-order valence-corrected chi connectivity index (χ2v) is 9.35. The highest BCUT2D eigenvalue weighted by molar-refractivity contribution is 7.89. The number of nitrogens with one attached hydrogen (secondary N) is 1. The summed E-state index contributed by atoms with van der Waals surface area (Å²) < 4.78 is 29.1.